The molecule has 1 unspecified atom stereocenters. The van der Waals surface area contributed by atoms with Crippen molar-refractivity contribution in [3.63, 3.8) is 0 Å². The predicted octanol–water partition coefficient (Wildman–Crippen LogP) is 3.16. The quantitative estimate of drug-likeness (QED) is 0.748. The molecule has 2 N–H and O–H groups in total. The Kier molecular flexibility index (Phi) is 3.90. The van der Waals surface area contributed by atoms with E-state index in [1.54, 1.807) is 24.3 Å². The Bertz CT molecular complexity index is 942. The second kappa shape index (κ2) is 6.07. The van der Waals surface area contributed by atoms with E-state index in [-0.39, 0.29) is 11.5 Å². The van der Waals surface area contributed by atoms with Crippen molar-refractivity contribution in [3.05, 3.63) is 63.4 Å². The first-order chi connectivity index (χ1) is 11.6. The van der Waals surface area contributed by atoms with Gasteiger partial charge >= 0.3 is 0 Å². The summed E-state index contributed by atoms with van der Waals surface area (Å²) in [4.78, 5) is 20.1. The predicted molar refractivity (Wildman–Crippen MR) is 95.1 cm³/mol. The lowest BCUT2D eigenvalue weighted by Crippen LogP contribution is -2.26. The molecule has 1 aliphatic rings. The number of para-hydroxylation sites is 1. The van der Waals surface area contributed by atoms with Gasteiger partial charge in [-0.1, -0.05) is 17.7 Å². The third-order valence-corrected chi connectivity index (χ3v) is 4.93. The standard InChI is InChI=1S/C18H19ClN4O/c1-23-8-7-20-18(23)16(11-5-6-11)21-10-12-9-15(24)13-3-2-4-14(19)17(13)22-12/h2-4,7-9,11,16,21H,5-6,10H2,1H3,(H,22,24). The number of imidazole rings is 1. The van der Waals surface area contributed by atoms with E-state index in [2.05, 4.69) is 19.9 Å². The van der Waals surface area contributed by atoms with Crippen LogP contribution in [0.3, 0.4) is 0 Å². The summed E-state index contributed by atoms with van der Waals surface area (Å²) < 4.78 is 2.05. The second-order valence-corrected chi connectivity index (χ2v) is 6.82. The molecule has 1 fully saturated rings. The van der Waals surface area contributed by atoms with Crippen LogP contribution in [0.5, 0.6) is 0 Å². The lowest BCUT2D eigenvalue weighted by molar-refractivity contribution is 0.443. The fourth-order valence-corrected chi connectivity index (χ4v) is 3.40. The van der Waals surface area contributed by atoms with E-state index in [1.807, 2.05) is 19.4 Å². The van der Waals surface area contributed by atoms with E-state index in [0.717, 1.165) is 11.5 Å². The van der Waals surface area contributed by atoms with Crippen LogP contribution in [0.25, 0.3) is 10.9 Å². The van der Waals surface area contributed by atoms with E-state index in [9.17, 15) is 4.79 Å². The van der Waals surface area contributed by atoms with Crippen LogP contribution in [-0.2, 0) is 13.6 Å². The molecule has 1 aromatic carbocycles. The molecule has 1 atom stereocenters. The minimum Gasteiger partial charge on any atom is -0.356 e. The summed E-state index contributed by atoms with van der Waals surface area (Å²) in [6, 6.07) is 7.22. The Hall–Kier alpha value is -2.11. The number of fused-ring (bicyclic) bond motifs is 1. The van der Waals surface area contributed by atoms with Crippen LogP contribution in [0, 0.1) is 5.92 Å². The van der Waals surface area contributed by atoms with Crippen molar-refractivity contribution in [1.82, 2.24) is 19.9 Å². The van der Waals surface area contributed by atoms with Crippen LogP contribution in [0.2, 0.25) is 5.02 Å². The fourth-order valence-electron chi connectivity index (χ4n) is 3.18. The van der Waals surface area contributed by atoms with E-state index in [0.29, 0.717) is 28.4 Å². The average Bonchev–Trinajstić information content (AvgIpc) is 3.31. The minimum atomic E-state index is -0.0111. The number of pyridine rings is 1. The van der Waals surface area contributed by atoms with Gasteiger partial charge in [-0.3, -0.25) is 4.79 Å². The molecule has 0 amide bonds. The van der Waals surface area contributed by atoms with Crippen molar-refractivity contribution in [2.45, 2.75) is 25.4 Å². The molecule has 4 rings (SSSR count). The van der Waals surface area contributed by atoms with Gasteiger partial charge in [0.2, 0.25) is 0 Å². The Morgan fingerprint density at radius 1 is 1.46 bits per heavy atom. The number of rotatable bonds is 5. The smallest absolute Gasteiger partial charge is 0.189 e. The van der Waals surface area contributed by atoms with Crippen molar-refractivity contribution in [2.75, 3.05) is 0 Å². The summed E-state index contributed by atoms with van der Waals surface area (Å²) in [6.07, 6.45) is 6.21. The van der Waals surface area contributed by atoms with E-state index >= 15 is 0 Å². The van der Waals surface area contributed by atoms with Crippen molar-refractivity contribution >= 4 is 22.5 Å². The molecule has 24 heavy (non-hydrogen) atoms. The highest BCUT2D eigenvalue weighted by molar-refractivity contribution is 6.35. The van der Waals surface area contributed by atoms with Gasteiger partial charge in [-0.15, -0.1) is 0 Å². The molecule has 0 saturated heterocycles. The SMILES string of the molecule is Cn1ccnc1C(NCc1cc(=O)c2cccc(Cl)c2[nH]1)C1CC1. The number of hydrogen-bond donors (Lipinski definition) is 2. The number of nitrogens with zero attached hydrogens (tertiary/aromatic N) is 2. The monoisotopic (exact) mass is 342 g/mol. The zero-order valence-electron chi connectivity index (χ0n) is 13.4. The first-order valence-corrected chi connectivity index (χ1v) is 8.52. The Morgan fingerprint density at radius 2 is 2.29 bits per heavy atom. The van der Waals surface area contributed by atoms with Gasteiger partial charge in [-0.2, -0.15) is 0 Å². The highest BCUT2D eigenvalue weighted by Gasteiger charge is 2.34. The normalized spacial score (nSPS) is 15.8. The van der Waals surface area contributed by atoms with Gasteiger partial charge in [-0.05, 0) is 30.9 Å². The summed E-state index contributed by atoms with van der Waals surface area (Å²) in [5.74, 6) is 1.65. The summed E-state index contributed by atoms with van der Waals surface area (Å²) in [7, 11) is 2.01. The maximum atomic E-state index is 12.3. The number of hydrogen-bond acceptors (Lipinski definition) is 3. The molecule has 1 aliphatic carbocycles. The molecule has 124 valence electrons. The topological polar surface area (TPSA) is 62.7 Å². The summed E-state index contributed by atoms with van der Waals surface area (Å²) >= 11 is 6.22. The summed E-state index contributed by atoms with van der Waals surface area (Å²) in [6.45, 7) is 0.574. The molecule has 0 aliphatic heterocycles. The molecular weight excluding hydrogens is 324 g/mol. The zero-order valence-corrected chi connectivity index (χ0v) is 14.2. The number of aromatic amines is 1. The van der Waals surface area contributed by atoms with Crippen LogP contribution in [0.1, 0.15) is 30.4 Å². The molecule has 2 aromatic heterocycles. The highest BCUT2D eigenvalue weighted by atomic mass is 35.5. The number of H-pyrrole nitrogens is 1. The third-order valence-electron chi connectivity index (χ3n) is 4.61. The number of nitrogens with one attached hydrogen (secondary N) is 2. The summed E-state index contributed by atoms with van der Waals surface area (Å²) in [5, 5.41) is 4.74. The molecular formula is C18H19ClN4O. The average molecular weight is 343 g/mol. The maximum absolute atomic E-state index is 12.3. The maximum Gasteiger partial charge on any atom is 0.189 e. The van der Waals surface area contributed by atoms with Crippen molar-refractivity contribution < 1.29 is 0 Å². The highest BCUT2D eigenvalue weighted by Crippen LogP contribution is 2.40. The van der Waals surface area contributed by atoms with Gasteiger partial charge in [0.25, 0.3) is 0 Å². The number of aromatic nitrogens is 3. The Labute approximate surface area is 144 Å². The zero-order chi connectivity index (χ0) is 16.7. The molecule has 3 aromatic rings. The Morgan fingerprint density at radius 3 is 3.00 bits per heavy atom. The summed E-state index contributed by atoms with van der Waals surface area (Å²) in [5.41, 5.74) is 1.52. The van der Waals surface area contributed by atoms with Gasteiger partial charge in [0.05, 0.1) is 16.6 Å². The fraction of sp³-hybridized carbons (Fsp3) is 0.333. The lowest BCUT2D eigenvalue weighted by Gasteiger charge is -2.18. The molecule has 6 heteroatoms. The lowest BCUT2D eigenvalue weighted by atomic mass is 10.1. The minimum absolute atomic E-state index is 0.0111. The van der Waals surface area contributed by atoms with Gasteiger partial charge < -0.3 is 14.9 Å². The van der Waals surface area contributed by atoms with Crippen LogP contribution < -0.4 is 10.7 Å². The van der Waals surface area contributed by atoms with E-state index in [4.69, 9.17) is 11.6 Å². The largest absolute Gasteiger partial charge is 0.356 e. The van der Waals surface area contributed by atoms with Gasteiger partial charge in [-0.25, -0.2) is 4.98 Å². The van der Waals surface area contributed by atoms with Crippen LogP contribution in [0.15, 0.2) is 41.5 Å². The number of halogens is 1. The molecule has 0 radical (unpaired) electrons. The van der Waals surface area contributed by atoms with Crippen molar-refractivity contribution in [3.8, 4) is 0 Å². The van der Waals surface area contributed by atoms with E-state index in [1.165, 1.54) is 12.8 Å². The van der Waals surface area contributed by atoms with Crippen LogP contribution in [-0.4, -0.2) is 14.5 Å². The number of aryl methyl sites for hydroxylation is 1. The van der Waals surface area contributed by atoms with Gasteiger partial charge in [0.15, 0.2) is 5.43 Å². The van der Waals surface area contributed by atoms with Crippen molar-refractivity contribution in [2.24, 2.45) is 13.0 Å². The molecule has 5 nitrogen and oxygen atoms in total. The molecule has 1 saturated carbocycles. The van der Waals surface area contributed by atoms with Crippen LogP contribution >= 0.6 is 11.6 Å². The first-order valence-electron chi connectivity index (χ1n) is 8.14. The van der Waals surface area contributed by atoms with E-state index < -0.39 is 0 Å². The molecule has 2 heterocycles. The first kappa shape index (κ1) is 15.4. The van der Waals surface area contributed by atoms with Crippen molar-refractivity contribution in [1.29, 1.82) is 0 Å². The van der Waals surface area contributed by atoms with Gasteiger partial charge in [0.1, 0.15) is 5.82 Å². The number of benzene rings is 1. The molecule has 0 spiro atoms. The second-order valence-electron chi connectivity index (χ2n) is 6.41. The third kappa shape index (κ3) is 2.85. The van der Waals surface area contributed by atoms with Gasteiger partial charge in [0, 0.05) is 43.1 Å². The Balaban J connectivity index is 1.61. The van der Waals surface area contributed by atoms with Crippen LogP contribution in [0.4, 0.5) is 0 Å². The molecule has 0 bridgehead atoms.